The van der Waals surface area contributed by atoms with Gasteiger partial charge in [-0.05, 0) is 18.2 Å². The van der Waals surface area contributed by atoms with Crippen LogP contribution >= 0.6 is 12.3 Å². The van der Waals surface area contributed by atoms with E-state index in [9.17, 15) is 8.68 Å². The second kappa shape index (κ2) is 6.07. The molecule has 0 fully saturated rings. The van der Waals surface area contributed by atoms with Gasteiger partial charge in [0.05, 0.1) is 7.11 Å². The Balaban J connectivity index is 2.24. The maximum atomic E-state index is 13.2. The number of benzene rings is 1. The molecule has 0 spiro atoms. The number of carbonyl (C=O) groups excluding carboxylic acids is 1. The first-order valence-electron chi connectivity index (χ1n) is 6.43. The molecule has 3 rings (SSSR count). The van der Waals surface area contributed by atoms with E-state index in [1.54, 1.807) is 25.4 Å². The van der Waals surface area contributed by atoms with Gasteiger partial charge in [0.1, 0.15) is 11.6 Å². The Morgan fingerprint density at radius 2 is 2.09 bits per heavy atom. The van der Waals surface area contributed by atoms with Crippen molar-refractivity contribution < 1.29 is 13.4 Å². The van der Waals surface area contributed by atoms with Crippen molar-refractivity contribution in [3.8, 4) is 16.9 Å². The van der Waals surface area contributed by atoms with Gasteiger partial charge in [0, 0.05) is 22.7 Å². The summed E-state index contributed by atoms with van der Waals surface area (Å²) in [6, 6.07) is 11.0. The average Bonchev–Trinajstić information content (AvgIpc) is 2.93. The molecule has 0 bridgehead atoms. The number of pyridine rings is 1. The predicted octanol–water partition coefficient (Wildman–Crippen LogP) is 3.66. The highest BCUT2D eigenvalue weighted by Crippen LogP contribution is 2.37. The third-order valence-electron chi connectivity index (χ3n) is 3.30. The number of nitrogens with one attached hydrogen (secondary N) is 1. The van der Waals surface area contributed by atoms with Crippen molar-refractivity contribution >= 4 is 35.6 Å². The maximum absolute atomic E-state index is 13.2. The molecule has 5 nitrogen and oxygen atoms in total. The van der Waals surface area contributed by atoms with E-state index in [2.05, 4.69) is 10.3 Å². The van der Waals surface area contributed by atoms with Crippen LogP contribution in [0.4, 0.5) is 9.70 Å². The number of anilines is 1. The monoisotopic (exact) mass is 317 g/mol. The molecule has 0 unspecified atom stereocenters. The molecule has 22 heavy (non-hydrogen) atoms. The lowest BCUT2D eigenvalue weighted by molar-refractivity contribution is -0.105. The first kappa shape index (κ1) is 14.4. The Morgan fingerprint density at radius 1 is 1.27 bits per heavy atom. The molecule has 1 aromatic carbocycles. The van der Waals surface area contributed by atoms with Crippen molar-refractivity contribution in [3.63, 3.8) is 0 Å². The number of ether oxygens (including phenoxy) is 1. The number of aromatic nitrogens is 2. The van der Waals surface area contributed by atoms with Crippen molar-refractivity contribution in [2.45, 2.75) is 0 Å². The highest BCUT2D eigenvalue weighted by molar-refractivity contribution is 7.92. The first-order chi connectivity index (χ1) is 10.8. The van der Waals surface area contributed by atoms with Gasteiger partial charge < -0.3 is 10.1 Å². The number of fused-ring (bicyclic) bond motifs is 1. The molecule has 0 aliphatic rings. The van der Waals surface area contributed by atoms with Crippen LogP contribution in [0.1, 0.15) is 0 Å². The van der Waals surface area contributed by atoms with E-state index in [1.807, 2.05) is 24.3 Å². The van der Waals surface area contributed by atoms with Crippen LogP contribution in [0.15, 0.2) is 42.6 Å². The molecule has 0 aliphatic carbocycles. The highest BCUT2D eigenvalue weighted by Gasteiger charge is 2.15. The van der Waals surface area contributed by atoms with Gasteiger partial charge in [0.15, 0.2) is 18.0 Å². The number of methoxy groups -OCH3 is 1. The zero-order valence-corrected chi connectivity index (χ0v) is 12.4. The molecule has 1 amide bonds. The lowest BCUT2D eigenvalue weighted by Gasteiger charge is -2.06. The molecule has 0 saturated carbocycles. The van der Waals surface area contributed by atoms with E-state index >= 15 is 0 Å². The number of nitrogens with zero attached hydrogens (tertiary/aromatic N) is 2. The molecule has 0 atom stereocenters. The van der Waals surface area contributed by atoms with Crippen LogP contribution in [0.25, 0.3) is 22.2 Å². The van der Waals surface area contributed by atoms with Crippen LogP contribution in [-0.2, 0) is 4.79 Å². The lowest BCUT2D eigenvalue weighted by atomic mass is 10.0. The molecule has 3 aromatic rings. The Kier molecular flexibility index (Phi) is 3.97. The topological polar surface area (TPSA) is 56.1 Å². The van der Waals surface area contributed by atoms with Crippen molar-refractivity contribution in [2.24, 2.45) is 0 Å². The molecule has 0 radical (unpaired) electrons. The van der Waals surface area contributed by atoms with Crippen LogP contribution in [0.5, 0.6) is 5.75 Å². The lowest BCUT2D eigenvalue weighted by Crippen LogP contribution is -1.97. The zero-order chi connectivity index (χ0) is 15.5. The summed E-state index contributed by atoms with van der Waals surface area (Å²) in [7, 11) is 1.59. The van der Waals surface area contributed by atoms with Gasteiger partial charge in [-0.25, -0.2) is 8.96 Å². The average molecular weight is 317 g/mol. The van der Waals surface area contributed by atoms with E-state index in [-0.39, 0.29) is 12.3 Å². The molecule has 2 heterocycles. The van der Waals surface area contributed by atoms with Gasteiger partial charge in [-0.2, -0.15) is 0 Å². The van der Waals surface area contributed by atoms with Gasteiger partial charge in [-0.3, -0.25) is 4.79 Å². The molecule has 2 aromatic heterocycles. The number of para-hydroxylation sites is 1. The zero-order valence-electron chi connectivity index (χ0n) is 11.6. The van der Waals surface area contributed by atoms with Crippen LogP contribution < -0.4 is 10.1 Å². The Labute approximate surface area is 130 Å². The minimum absolute atomic E-state index is 0.0513. The van der Waals surface area contributed by atoms with Crippen LogP contribution in [0.2, 0.25) is 0 Å². The molecular formula is C15H12FN3O2S. The van der Waals surface area contributed by atoms with Crippen LogP contribution in [-0.4, -0.2) is 22.5 Å². The van der Waals surface area contributed by atoms with E-state index in [4.69, 9.17) is 4.74 Å². The molecule has 112 valence electrons. The van der Waals surface area contributed by atoms with Crippen molar-refractivity contribution in [1.82, 2.24) is 8.96 Å². The minimum Gasteiger partial charge on any atom is -0.496 e. The second-order valence-corrected chi connectivity index (χ2v) is 5.00. The third-order valence-corrected chi connectivity index (χ3v) is 3.73. The summed E-state index contributed by atoms with van der Waals surface area (Å²) in [5.41, 5.74) is 2.09. The number of amides is 1. The Bertz CT molecular complexity index is 835. The van der Waals surface area contributed by atoms with Gasteiger partial charge in [0.2, 0.25) is 6.41 Å². The summed E-state index contributed by atoms with van der Waals surface area (Å²) in [6.07, 6.45) is 2.19. The number of hydrogen-bond acceptors (Lipinski definition) is 4. The fourth-order valence-electron chi connectivity index (χ4n) is 2.35. The van der Waals surface area contributed by atoms with E-state index in [0.29, 0.717) is 23.6 Å². The SMILES string of the molecule is COc1ccccc1-c1cn(SF)c2nc(NC=O)ccc12. The summed E-state index contributed by atoms with van der Waals surface area (Å²) in [4.78, 5) is 14.8. The summed E-state index contributed by atoms with van der Waals surface area (Å²) in [6.45, 7) is 0. The summed E-state index contributed by atoms with van der Waals surface area (Å²) < 4.78 is 19.9. The van der Waals surface area contributed by atoms with E-state index in [1.165, 1.54) is 3.97 Å². The van der Waals surface area contributed by atoms with Crippen LogP contribution in [0, 0.1) is 0 Å². The highest BCUT2D eigenvalue weighted by atomic mass is 32.2. The van der Waals surface area contributed by atoms with E-state index < -0.39 is 0 Å². The standard InChI is InChI=1S/C15H12FN3O2S/c1-21-13-5-3-2-4-10(13)12-8-19(22-16)15-11(12)6-7-14(18-15)17-9-20/h2-9H,1H3,(H,17,18,20). The van der Waals surface area contributed by atoms with Crippen molar-refractivity contribution in [3.05, 3.63) is 42.6 Å². The molecule has 1 N–H and O–H groups in total. The Hall–Kier alpha value is -2.54. The first-order valence-corrected chi connectivity index (χ1v) is 7.10. The quantitative estimate of drug-likeness (QED) is 0.730. The normalized spacial score (nSPS) is 10.6. The molecule has 7 heteroatoms. The number of carbonyl (C=O) groups is 1. The second-order valence-electron chi connectivity index (χ2n) is 4.47. The summed E-state index contributed by atoms with van der Waals surface area (Å²) in [5, 5.41) is 3.23. The van der Waals surface area contributed by atoms with Gasteiger partial charge in [-0.15, -0.1) is 3.89 Å². The molecule has 0 aliphatic heterocycles. The number of hydrogen-bond donors (Lipinski definition) is 1. The fraction of sp³-hybridized carbons (Fsp3) is 0.0667. The number of halogens is 1. The predicted molar refractivity (Wildman–Crippen MR) is 85.5 cm³/mol. The number of rotatable bonds is 5. The molecular weight excluding hydrogens is 305 g/mol. The summed E-state index contributed by atoms with van der Waals surface area (Å²) in [5.74, 6) is 1.06. The Morgan fingerprint density at radius 3 is 2.82 bits per heavy atom. The maximum Gasteiger partial charge on any atom is 0.212 e. The molecule has 0 saturated heterocycles. The fourth-order valence-corrected chi connectivity index (χ4v) is 2.70. The van der Waals surface area contributed by atoms with Gasteiger partial charge in [0.25, 0.3) is 0 Å². The smallest absolute Gasteiger partial charge is 0.212 e. The minimum atomic E-state index is 0.0513. The van der Waals surface area contributed by atoms with Crippen molar-refractivity contribution in [1.29, 1.82) is 0 Å². The van der Waals surface area contributed by atoms with Crippen molar-refractivity contribution in [2.75, 3.05) is 12.4 Å². The van der Waals surface area contributed by atoms with Gasteiger partial charge in [-0.1, -0.05) is 18.2 Å². The summed E-state index contributed by atoms with van der Waals surface area (Å²) >= 11 is 0.0513. The van der Waals surface area contributed by atoms with Gasteiger partial charge >= 0.3 is 0 Å². The van der Waals surface area contributed by atoms with Crippen LogP contribution in [0.3, 0.4) is 0 Å². The third kappa shape index (κ3) is 2.39. The van der Waals surface area contributed by atoms with E-state index in [0.717, 1.165) is 16.5 Å². The largest absolute Gasteiger partial charge is 0.496 e.